The summed E-state index contributed by atoms with van der Waals surface area (Å²) in [5.41, 5.74) is 1.94. The summed E-state index contributed by atoms with van der Waals surface area (Å²) in [5.74, 6) is -0.157. The van der Waals surface area contributed by atoms with Crippen molar-refractivity contribution in [3.05, 3.63) is 88.4 Å². The van der Waals surface area contributed by atoms with Gasteiger partial charge in [-0.2, -0.15) is 0 Å². The van der Waals surface area contributed by atoms with Crippen molar-refractivity contribution >= 4 is 43.5 Å². The van der Waals surface area contributed by atoms with E-state index in [9.17, 15) is 18.0 Å². The van der Waals surface area contributed by atoms with Gasteiger partial charge >= 0.3 is 0 Å². The van der Waals surface area contributed by atoms with Gasteiger partial charge in [0.25, 0.3) is 0 Å². The standard InChI is InChI=1S/C30H34BrN3O6S/c1-4-41(37,38)34(25-13-14-27-28(17-25)40-20-39-27)19-29(35)33(18-23-11-8-12-24(31)15-23)26(30(36)32-21(2)3)16-22-9-6-5-7-10-22/h5-15,17,21,26H,4,16,18-20H2,1-3H3,(H,32,36). The SMILES string of the molecule is CCS(=O)(=O)N(CC(=O)N(Cc1cccc(Br)c1)C(Cc1ccccc1)C(=O)NC(C)C)c1ccc2c(c1)OCO2. The van der Waals surface area contributed by atoms with Crippen molar-refractivity contribution in [3.63, 3.8) is 0 Å². The number of rotatable bonds is 12. The average Bonchev–Trinajstić information content (AvgIpc) is 3.41. The number of amides is 2. The summed E-state index contributed by atoms with van der Waals surface area (Å²) in [6, 6.07) is 20.6. The molecule has 1 atom stereocenters. The minimum atomic E-state index is -3.88. The molecule has 4 rings (SSSR count). The van der Waals surface area contributed by atoms with Gasteiger partial charge in [-0.25, -0.2) is 8.42 Å². The first-order valence-electron chi connectivity index (χ1n) is 13.4. The molecule has 2 amide bonds. The Bertz CT molecular complexity index is 1480. The van der Waals surface area contributed by atoms with Crippen molar-refractivity contribution < 1.29 is 27.5 Å². The fourth-order valence-corrected chi connectivity index (χ4v) is 6.03. The van der Waals surface area contributed by atoms with E-state index in [1.165, 1.54) is 11.8 Å². The number of hydrogen-bond acceptors (Lipinski definition) is 6. The third-order valence-electron chi connectivity index (χ3n) is 6.57. The number of ether oxygens (including phenoxy) is 2. The molecule has 11 heteroatoms. The molecular weight excluding hydrogens is 610 g/mol. The van der Waals surface area contributed by atoms with E-state index < -0.39 is 28.5 Å². The highest BCUT2D eigenvalue weighted by Gasteiger charge is 2.34. The normalized spacial score (nSPS) is 13.1. The first-order valence-corrected chi connectivity index (χ1v) is 15.8. The second-order valence-corrected chi connectivity index (χ2v) is 13.1. The van der Waals surface area contributed by atoms with Gasteiger partial charge in [-0.3, -0.25) is 13.9 Å². The minimum Gasteiger partial charge on any atom is -0.454 e. The lowest BCUT2D eigenvalue weighted by Gasteiger charge is -2.34. The summed E-state index contributed by atoms with van der Waals surface area (Å²) in [7, 11) is -3.88. The number of halogens is 1. The van der Waals surface area contributed by atoms with Crippen molar-refractivity contribution in [3.8, 4) is 11.5 Å². The number of benzene rings is 3. The number of anilines is 1. The number of carbonyl (C=O) groups excluding carboxylic acids is 2. The number of hydrogen-bond donors (Lipinski definition) is 1. The van der Waals surface area contributed by atoms with E-state index in [0.717, 1.165) is 19.9 Å². The predicted octanol–water partition coefficient (Wildman–Crippen LogP) is 4.50. The van der Waals surface area contributed by atoms with Crippen LogP contribution in [0, 0.1) is 0 Å². The molecular formula is C30H34BrN3O6S. The summed E-state index contributed by atoms with van der Waals surface area (Å²) in [6.07, 6.45) is 0.254. The van der Waals surface area contributed by atoms with E-state index >= 15 is 0 Å². The predicted molar refractivity (Wildman–Crippen MR) is 161 cm³/mol. The van der Waals surface area contributed by atoms with Crippen LogP contribution in [0.25, 0.3) is 0 Å². The largest absolute Gasteiger partial charge is 0.454 e. The van der Waals surface area contributed by atoms with E-state index in [4.69, 9.17) is 9.47 Å². The highest BCUT2D eigenvalue weighted by atomic mass is 79.9. The molecule has 0 fully saturated rings. The Morgan fingerprint density at radius 2 is 1.66 bits per heavy atom. The van der Waals surface area contributed by atoms with Crippen LogP contribution in [0.5, 0.6) is 11.5 Å². The van der Waals surface area contributed by atoms with E-state index in [2.05, 4.69) is 21.2 Å². The van der Waals surface area contributed by atoms with E-state index in [1.807, 2.05) is 68.4 Å². The number of fused-ring (bicyclic) bond motifs is 1. The van der Waals surface area contributed by atoms with Gasteiger partial charge < -0.3 is 19.7 Å². The van der Waals surface area contributed by atoms with Gasteiger partial charge in [-0.05, 0) is 56.2 Å². The molecule has 1 aliphatic heterocycles. The maximum atomic E-state index is 14.2. The van der Waals surface area contributed by atoms with Crippen LogP contribution in [0.1, 0.15) is 31.9 Å². The Kier molecular flexibility index (Phi) is 9.93. The highest BCUT2D eigenvalue weighted by Crippen LogP contribution is 2.36. The van der Waals surface area contributed by atoms with Gasteiger partial charge in [0.1, 0.15) is 12.6 Å². The Hall–Kier alpha value is -3.57. The Morgan fingerprint density at radius 1 is 0.951 bits per heavy atom. The van der Waals surface area contributed by atoms with Gasteiger partial charge in [-0.1, -0.05) is 58.4 Å². The van der Waals surface area contributed by atoms with Gasteiger partial charge in [-0.15, -0.1) is 0 Å². The van der Waals surface area contributed by atoms with Crippen molar-refractivity contribution in [2.45, 2.75) is 45.8 Å². The molecule has 0 aromatic heterocycles. The lowest BCUT2D eigenvalue weighted by molar-refractivity contribution is -0.140. The Balaban J connectivity index is 1.75. The molecule has 0 bridgehead atoms. The summed E-state index contributed by atoms with van der Waals surface area (Å²) < 4.78 is 39.3. The second-order valence-electron chi connectivity index (χ2n) is 9.97. The number of sulfonamides is 1. The van der Waals surface area contributed by atoms with E-state index in [1.54, 1.807) is 18.2 Å². The van der Waals surface area contributed by atoms with Gasteiger partial charge in [0.2, 0.25) is 28.6 Å². The van der Waals surface area contributed by atoms with E-state index in [0.29, 0.717) is 11.5 Å². The minimum absolute atomic E-state index is 0.0325. The first-order chi connectivity index (χ1) is 19.6. The first kappa shape index (κ1) is 30.4. The van der Waals surface area contributed by atoms with Gasteiger partial charge in [0.15, 0.2) is 11.5 Å². The number of nitrogens with one attached hydrogen (secondary N) is 1. The molecule has 9 nitrogen and oxygen atoms in total. The van der Waals surface area contributed by atoms with Crippen LogP contribution in [0.2, 0.25) is 0 Å². The lowest BCUT2D eigenvalue weighted by atomic mass is 10.0. The third-order valence-corrected chi connectivity index (χ3v) is 8.80. The van der Waals surface area contributed by atoms with Crippen LogP contribution in [-0.2, 0) is 32.6 Å². The van der Waals surface area contributed by atoms with Crippen molar-refractivity contribution in [2.24, 2.45) is 0 Å². The van der Waals surface area contributed by atoms with Crippen LogP contribution >= 0.6 is 15.9 Å². The molecule has 41 heavy (non-hydrogen) atoms. The smallest absolute Gasteiger partial charge is 0.244 e. The molecule has 0 radical (unpaired) electrons. The second kappa shape index (κ2) is 13.4. The maximum Gasteiger partial charge on any atom is 0.244 e. The lowest BCUT2D eigenvalue weighted by Crippen LogP contribution is -2.54. The Labute approximate surface area is 249 Å². The van der Waals surface area contributed by atoms with Crippen LogP contribution < -0.4 is 19.1 Å². The molecule has 3 aromatic rings. The Morgan fingerprint density at radius 3 is 2.34 bits per heavy atom. The fourth-order valence-electron chi connectivity index (χ4n) is 4.53. The summed E-state index contributed by atoms with van der Waals surface area (Å²) in [6.45, 7) is 4.87. The fraction of sp³-hybridized carbons (Fsp3) is 0.333. The average molecular weight is 645 g/mol. The number of carbonyl (C=O) groups is 2. The molecule has 0 spiro atoms. The maximum absolute atomic E-state index is 14.2. The van der Waals surface area contributed by atoms with Crippen molar-refractivity contribution in [2.75, 3.05) is 23.4 Å². The van der Waals surface area contributed by atoms with Crippen LogP contribution in [0.15, 0.2) is 77.3 Å². The van der Waals surface area contributed by atoms with Crippen LogP contribution in [-0.4, -0.2) is 56.3 Å². The highest BCUT2D eigenvalue weighted by molar-refractivity contribution is 9.10. The molecule has 218 valence electrons. The summed E-state index contributed by atoms with van der Waals surface area (Å²) in [4.78, 5) is 29.3. The summed E-state index contributed by atoms with van der Waals surface area (Å²) in [5, 5.41) is 2.95. The molecule has 1 N–H and O–H groups in total. The number of nitrogens with zero attached hydrogens (tertiary/aromatic N) is 2. The zero-order chi connectivity index (χ0) is 29.6. The van der Waals surface area contributed by atoms with Crippen LogP contribution in [0.3, 0.4) is 0 Å². The van der Waals surface area contributed by atoms with Crippen molar-refractivity contribution in [1.29, 1.82) is 0 Å². The molecule has 0 aliphatic carbocycles. The molecule has 1 heterocycles. The van der Waals surface area contributed by atoms with E-state index in [-0.39, 0.29) is 43.1 Å². The monoisotopic (exact) mass is 643 g/mol. The van der Waals surface area contributed by atoms with Crippen LogP contribution in [0.4, 0.5) is 5.69 Å². The van der Waals surface area contributed by atoms with Gasteiger partial charge in [0.05, 0.1) is 11.4 Å². The molecule has 3 aromatic carbocycles. The molecule has 0 saturated carbocycles. The molecule has 0 saturated heterocycles. The summed E-state index contributed by atoms with van der Waals surface area (Å²) >= 11 is 3.48. The topological polar surface area (TPSA) is 105 Å². The van der Waals surface area contributed by atoms with Crippen molar-refractivity contribution in [1.82, 2.24) is 10.2 Å². The zero-order valence-corrected chi connectivity index (χ0v) is 25.7. The zero-order valence-electron chi connectivity index (χ0n) is 23.2. The quantitative estimate of drug-likeness (QED) is 0.312. The molecule has 1 aliphatic rings. The third kappa shape index (κ3) is 7.80. The van der Waals surface area contributed by atoms with Gasteiger partial charge in [0, 0.05) is 29.5 Å². The molecule has 1 unspecified atom stereocenters.